The van der Waals surface area contributed by atoms with Gasteiger partial charge in [0, 0.05) is 12.0 Å². The van der Waals surface area contributed by atoms with Crippen LogP contribution in [0.2, 0.25) is 10.0 Å². The van der Waals surface area contributed by atoms with Crippen LogP contribution in [0.5, 0.6) is 0 Å². The van der Waals surface area contributed by atoms with Crippen molar-refractivity contribution in [1.29, 1.82) is 0 Å². The van der Waals surface area contributed by atoms with Crippen molar-refractivity contribution >= 4 is 23.2 Å². The minimum atomic E-state index is 0.268. The van der Waals surface area contributed by atoms with Crippen LogP contribution in [0.1, 0.15) is 32.3 Å². The summed E-state index contributed by atoms with van der Waals surface area (Å²) in [6.45, 7) is 6.50. The lowest BCUT2D eigenvalue weighted by molar-refractivity contribution is 0.153. The molecule has 94 valence electrons. The average molecular weight is 272 g/mol. The van der Waals surface area contributed by atoms with E-state index in [2.05, 4.69) is 25.2 Å². The molecule has 0 atom stereocenters. The highest BCUT2D eigenvalue weighted by atomic mass is 35.5. The van der Waals surface area contributed by atoms with Gasteiger partial charge in [0.05, 0.1) is 10.0 Å². The molecule has 0 aromatic heterocycles. The maximum atomic E-state index is 6.12. The second-order valence-corrected chi connectivity index (χ2v) is 6.02. The molecule has 0 bridgehead atoms. The van der Waals surface area contributed by atoms with Gasteiger partial charge in [-0.05, 0) is 43.0 Å². The fourth-order valence-electron chi connectivity index (χ4n) is 2.95. The van der Waals surface area contributed by atoms with Crippen molar-refractivity contribution < 1.29 is 0 Å². The summed E-state index contributed by atoms with van der Waals surface area (Å²) < 4.78 is 0. The molecule has 1 aromatic rings. The SMILES string of the molecule is CCNCC1(c2ccc(Cl)c(Cl)c2)CC(C)C1. The summed E-state index contributed by atoms with van der Waals surface area (Å²) in [6.07, 6.45) is 2.47. The molecule has 1 saturated carbocycles. The Labute approximate surface area is 114 Å². The average Bonchev–Trinajstić information content (AvgIpc) is 2.26. The zero-order valence-electron chi connectivity index (χ0n) is 10.4. The molecule has 1 fully saturated rings. The molecule has 0 aliphatic heterocycles. The Morgan fingerprint density at radius 1 is 1.29 bits per heavy atom. The molecule has 1 aliphatic carbocycles. The van der Waals surface area contributed by atoms with Crippen LogP contribution in [0.15, 0.2) is 18.2 Å². The van der Waals surface area contributed by atoms with Crippen LogP contribution in [0.4, 0.5) is 0 Å². The van der Waals surface area contributed by atoms with Gasteiger partial charge in [-0.25, -0.2) is 0 Å². The van der Waals surface area contributed by atoms with Gasteiger partial charge in [0.1, 0.15) is 0 Å². The molecular formula is C14H19Cl2N. The second-order valence-electron chi connectivity index (χ2n) is 5.20. The first-order valence-electron chi connectivity index (χ1n) is 6.23. The number of hydrogen-bond acceptors (Lipinski definition) is 1. The molecule has 1 nitrogen and oxygen atoms in total. The highest BCUT2D eigenvalue weighted by molar-refractivity contribution is 6.42. The van der Waals surface area contributed by atoms with Crippen molar-refractivity contribution in [3.8, 4) is 0 Å². The van der Waals surface area contributed by atoms with Crippen LogP contribution in [0, 0.1) is 5.92 Å². The fourth-order valence-corrected chi connectivity index (χ4v) is 3.24. The predicted molar refractivity (Wildman–Crippen MR) is 75.1 cm³/mol. The van der Waals surface area contributed by atoms with Crippen molar-refractivity contribution in [2.75, 3.05) is 13.1 Å². The van der Waals surface area contributed by atoms with Gasteiger partial charge in [-0.1, -0.05) is 43.1 Å². The van der Waals surface area contributed by atoms with Gasteiger partial charge in [0.15, 0.2) is 0 Å². The minimum absolute atomic E-state index is 0.268. The van der Waals surface area contributed by atoms with E-state index in [4.69, 9.17) is 23.2 Å². The molecule has 3 heteroatoms. The van der Waals surface area contributed by atoms with Crippen LogP contribution in [-0.2, 0) is 5.41 Å². The maximum Gasteiger partial charge on any atom is 0.0595 e. The van der Waals surface area contributed by atoms with Gasteiger partial charge in [0.25, 0.3) is 0 Å². The lowest BCUT2D eigenvalue weighted by Gasteiger charge is -2.47. The number of benzene rings is 1. The van der Waals surface area contributed by atoms with Crippen LogP contribution >= 0.6 is 23.2 Å². The van der Waals surface area contributed by atoms with E-state index in [0.717, 1.165) is 19.0 Å². The van der Waals surface area contributed by atoms with E-state index >= 15 is 0 Å². The molecule has 0 unspecified atom stereocenters. The van der Waals surface area contributed by atoms with Gasteiger partial charge in [-0.2, -0.15) is 0 Å². The zero-order valence-corrected chi connectivity index (χ0v) is 11.9. The Kier molecular flexibility index (Phi) is 4.02. The van der Waals surface area contributed by atoms with Crippen LogP contribution < -0.4 is 5.32 Å². The summed E-state index contributed by atoms with van der Waals surface area (Å²) in [6, 6.07) is 6.07. The molecule has 2 rings (SSSR count). The Morgan fingerprint density at radius 3 is 2.53 bits per heavy atom. The molecule has 0 heterocycles. The standard InChI is InChI=1S/C14H19Cl2N/c1-3-17-9-14(7-10(2)8-14)11-4-5-12(15)13(16)6-11/h4-6,10,17H,3,7-9H2,1-2H3. The monoisotopic (exact) mass is 271 g/mol. The second kappa shape index (κ2) is 5.17. The molecule has 0 radical (unpaired) electrons. The Balaban J connectivity index is 2.23. The molecule has 1 aromatic carbocycles. The van der Waals surface area contributed by atoms with E-state index in [1.807, 2.05) is 12.1 Å². The smallest absolute Gasteiger partial charge is 0.0595 e. The van der Waals surface area contributed by atoms with Crippen LogP contribution in [0.25, 0.3) is 0 Å². The lowest BCUT2D eigenvalue weighted by Crippen LogP contribution is -2.47. The van der Waals surface area contributed by atoms with E-state index in [1.165, 1.54) is 18.4 Å². The normalized spacial score (nSPS) is 27.9. The number of hydrogen-bond donors (Lipinski definition) is 1. The molecule has 0 spiro atoms. The van der Waals surface area contributed by atoms with Crippen LogP contribution in [0.3, 0.4) is 0 Å². The first-order valence-corrected chi connectivity index (χ1v) is 6.99. The number of likely N-dealkylation sites (N-methyl/N-ethyl adjacent to an activating group) is 1. The summed E-state index contributed by atoms with van der Waals surface area (Å²) in [5.74, 6) is 0.808. The molecule has 0 saturated heterocycles. The number of rotatable bonds is 4. The molecular weight excluding hydrogens is 253 g/mol. The summed E-state index contributed by atoms with van der Waals surface area (Å²) in [7, 11) is 0. The van der Waals surface area contributed by atoms with Crippen molar-refractivity contribution in [2.24, 2.45) is 5.92 Å². The third-order valence-electron chi connectivity index (χ3n) is 3.72. The zero-order chi connectivity index (χ0) is 12.5. The van der Waals surface area contributed by atoms with E-state index in [9.17, 15) is 0 Å². The van der Waals surface area contributed by atoms with Crippen molar-refractivity contribution in [2.45, 2.75) is 32.1 Å². The molecule has 0 amide bonds. The van der Waals surface area contributed by atoms with Crippen molar-refractivity contribution in [1.82, 2.24) is 5.32 Å². The number of nitrogens with one attached hydrogen (secondary N) is 1. The summed E-state index contributed by atoms with van der Waals surface area (Å²) in [5.41, 5.74) is 1.59. The van der Waals surface area contributed by atoms with Gasteiger partial charge in [-0.3, -0.25) is 0 Å². The quantitative estimate of drug-likeness (QED) is 0.863. The Bertz CT molecular complexity index is 397. The molecule has 1 aliphatic rings. The largest absolute Gasteiger partial charge is 0.316 e. The molecule has 1 N–H and O–H groups in total. The van der Waals surface area contributed by atoms with Gasteiger partial charge >= 0.3 is 0 Å². The third kappa shape index (κ3) is 2.62. The van der Waals surface area contributed by atoms with Gasteiger partial charge in [0.2, 0.25) is 0 Å². The summed E-state index contributed by atoms with van der Waals surface area (Å²) in [5, 5.41) is 4.77. The predicted octanol–water partition coefficient (Wildman–Crippen LogP) is 4.27. The van der Waals surface area contributed by atoms with Crippen molar-refractivity contribution in [3.63, 3.8) is 0 Å². The van der Waals surface area contributed by atoms with E-state index in [-0.39, 0.29) is 5.41 Å². The van der Waals surface area contributed by atoms with E-state index < -0.39 is 0 Å². The molecule has 17 heavy (non-hydrogen) atoms. The van der Waals surface area contributed by atoms with Gasteiger partial charge < -0.3 is 5.32 Å². The first-order chi connectivity index (χ1) is 8.07. The Hall–Kier alpha value is -0.240. The summed E-state index contributed by atoms with van der Waals surface area (Å²) in [4.78, 5) is 0. The van der Waals surface area contributed by atoms with Crippen LogP contribution in [-0.4, -0.2) is 13.1 Å². The summed E-state index contributed by atoms with van der Waals surface area (Å²) >= 11 is 12.1. The van der Waals surface area contributed by atoms with E-state index in [1.54, 1.807) is 0 Å². The topological polar surface area (TPSA) is 12.0 Å². The maximum absolute atomic E-state index is 6.12. The van der Waals surface area contributed by atoms with Gasteiger partial charge in [-0.15, -0.1) is 0 Å². The lowest BCUT2D eigenvalue weighted by atomic mass is 9.59. The third-order valence-corrected chi connectivity index (χ3v) is 4.46. The Morgan fingerprint density at radius 2 is 2.00 bits per heavy atom. The number of halogens is 2. The fraction of sp³-hybridized carbons (Fsp3) is 0.571. The van der Waals surface area contributed by atoms with E-state index in [0.29, 0.717) is 10.0 Å². The van der Waals surface area contributed by atoms with Crippen molar-refractivity contribution in [3.05, 3.63) is 33.8 Å². The highest BCUT2D eigenvalue weighted by Crippen LogP contribution is 2.48. The highest BCUT2D eigenvalue weighted by Gasteiger charge is 2.43. The first kappa shape index (κ1) is 13.2. The minimum Gasteiger partial charge on any atom is -0.316 e.